The van der Waals surface area contributed by atoms with Crippen LogP contribution in [0.2, 0.25) is 0 Å². The van der Waals surface area contributed by atoms with Gasteiger partial charge in [0, 0.05) is 12.7 Å². The quantitative estimate of drug-likeness (QED) is 0.359. The molecule has 0 spiro atoms. The normalized spacial score (nSPS) is 11.4. The van der Waals surface area contributed by atoms with Gasteiger partial charge in [-0.2, -0.15) is 12.6 Å². The first kappa shape index (κ1) is 14.2. The predicted octanol–water partition coefficient (Wildman–Crippen LogP) is 0.839. The van der Waals surface area contributed by atoms with E-state index < -0.39 is 12.0 Å². The first-order chi connectivity index (χ1) is 8.58. The van der Waals surface area contributed by atoms with E-state index in [9.17, 15) is 14.4 Å². The molecule has 1 amide bonds. The fraction of sp³-hybridized carbons (Fsp3) is 0.250. The van der Waals surface area contributed by atoms with Crippen LogP contribution in [-0.4, -0.2) is 30.0 Å². The van der Waals surface area contributed by atoms with E-state index in [0.29, 0.717) is 6.29 Å². The van der Waals surface area contributed by atoms with E-state index in [4.69, 9.17) is 4.74 Å². The second-order valence-corrected chi connectivity index (χ2v) is 3.88. The maximum Gasteiger partial charge on any atom is 0.334 e. The molecule has 96 valence electrons. The molecule has 1 aromatic carbocycles. The van der Waals surface area contributed by atoms with Crippen LogP contribution in [0.3, 0.4) is 0 Å². The summed E-state index contributed by atoms with van der Waals surface area (Å²) < 4.78 is 5.06. The SMILES string of the molecule is CC(=O)NC(CS)C(=O)Oc1ccccc1C=O. The minimum Gasteiger partial charge on any atom is -0.424 e. The fourth-order valence-corrected chi connectivity index (χ4v) is 1.52. The maximum absolute atomic E-state index is 11.7. The Morgan fingerprint density at radius 3 is 2.67 bits per heavy atom. The zero-order chi connectivity index (χ0) is 13.5. The highest BCUT2D eigenvalue weighted by atomic mass is 32.1. The smallest absolute Gasteiger partial charge is 0.334 e. The standard InChI is InChI=1S/C12H13NO4S/c1-8(15)13-10(7-18)12(16)17-11-5-3-2-4-9(11)6-14/h2-6,10,18H,7H2,1H3,(H,13,15). The molecule has 6 heteroatoms. The molecule has 1 atom stereocenters. The third-order valence-corrected chi connectivity index (χ3v) is 2.47. The van der Waals surface area contributed by atoms with Crippen LogP contribution in [0.1, 0.15) is 17.3 Å². The molecule has 1 unspecified atom stereocenters. The lowest BCUT2D eigenvalue weighted by Gasteiger charge is -2.14. The molecule has 0 heterocycles. The molecule has 1 N–H and O–H groups in total. The molecule has 0 aliphatic heterocycles. The summed E-state index contributed by atoms with van der Waals surface area (Å²) in [6.07, 6.45) is 0.594. The third-order valence-electron chi connectivity index (χ3n) is 2.10. The molecule has 0 aliphatic carbocycles. The van der Waals surface area contributed by atoms with Gasteiger partial charge in [-0.25, -0.2) is 4.79 Å². The molecule has 0 fully saturated rings. The van der Waals surface area contributed by atoms with Crippen molar-refractivity contribution in [3.05, 3.63) is 29.8 Å². The van der Waals surface area contributed by atoms with Gasteiger partial charge >= 0.3 is 5.97 Å². The van der Waals surface area contributed by atoms with Gasteiger partial charge < -0.3 is 10.1 Å². The van der Waals surface area contributed by atoms with E-state index in [1.54, 1.807) is 12.1 Å². The summed E-state index contributed by atoms with van der Waals surface area (Å²) in [6, 6.07) is 5.49. The van der Waals surface area contributed by atoms with Crippen LogP contribution in [0.4, 0.5) is 0 Å². The van der Waals surface area contributed by atoms with Gasteiger partial charge in [0.25, 0.3) is 0 Å². The summed E-state index contributed by atoms with van der Waals surface area (Å²) in [5, 5.41) is 2.41. The summed E-state index contributed by atoms with van der Waals surface area (Å²) >= 11 is 3.96. The number of thiol groups is 1. The number of amides is 1. The minimum absolute atomic E-state index is 0.113. The molecule has 0 radical (unpaired) electrons. The Morgan fingerprint density at radius 1 is 1.44 bits per heavy atom. The van der Waals surface area contributed by atoms with Crippen LogP contribution in [0.25, 0.3) is 0 Å². The molecular weight excluding hydrogens is 254 g/mol. The van der Waals surface area contributed by atoms with E-state index >= 15 is 0 Å². The fourth-order valence-electron chi connectivity index (χ4n) is 1.27. The average Bonchev–Trinajstić information content (AvgIpc) is 2.36. The Hall–Kier alpha value is -1.82. The largest absolute Gasteiger partial charge is 0.424 e. The summed E-state index contributed by atoms with van der Waals surface area (Å²) in [6.45, 7) is 1.29. The molecule has 0 saturated carbocycles. The first-order valence-corrected chi connectivity index (χ1v) is 5.85. The number of carbonyl (C=O) groups excluding carboxylic acids is 3. The van der Waals surface area contributed by atoms with Crippen LogP contribution in [0, 0.1) is 0 Å². The van der Waals surface area contributed by atoms with E-state index in [2.05, 4.69) is 17.9 Å². The van der Waals surface area contributed by atoms with Crippen molar-refractivity contribution in [2.75, 3.05) is 5.75 Å². The number of esters is 1. The molecule has 1 aromatic rings. The van der Waals surface area contributed by atoms with E-state index in [-0.39, 0.29) is 23.0 Å². The number of rotatable bonds is 5. The van der Waals surface area contributed by atoms with Crippen LogP contribution in [0.15, 0.2) is 24.3 Å². The molecule has 0 aromatic heterocycles. The highest BCUT2D eigenvalue weighted by Gasteiger charge is 2.20. The molecule has 0 saturated heterocycles. The summed E-state index contributed by atoms with van der Waals surface area (Å²) in [7, 11) is 0. The Balaban J connectivity index is 2.79. The summed E-state index contributed by atoms with van der Waals surface area (Å²) in [5.74, 6) is -0.736. The topological polar surface area (TPSA) is 72.5 Å². The van der Waals surface area contributed by atoms with Crippen molar-refractivity contribution >= 4 is 30.8 Å². The number of aldehydes is 1. The van der Waals surface area contributed by atoms with Gasteiger partial charge in [0.1, 0.15) is 11.8 Å². The minimum atomic E-state index is -0.842. The molecule has 5 nitrogen and oxygen atoms in total. The van der Waals surface area contributed by atoms with Crippen molar-refractivity contribution in [1.29, 1.82) is 0 Å². The summed E-state index contributed by atoms with van der Waals surface area (Å²) in [5.41, 5.74) is 0.270. The Bertz CT molecular complexity index is 461. The van der Waals surface area contributed by atoms with Crippen LogP contribution in [0.5, 0.6) is 5.75 Å². The predicted molar refractivity (Wildman–Crippen MR) is 68.9 cm³/mol. The van der Waals surface area contributed by atoms with Crippen molar-refractivity contribution < 1.29 is 19.1 Å². The van der Waals surface area contributed by atoms with Gasteiger partial charge in [0.05, 0.1) is 5.56 Å². The number of ether oxygens (including phenoxy) is 1. The summed E-state index contributed by atoms with van der Waals surface area (Å²) in [4.78, 5) is 33.4. The number of carbonyl (C=O) groups is 3. The van der Waals surface area contributed by atoms with Crippen molar-refractivity contribution in [3.8, 4) is 5.75 Å². The number of para-hydroxylation sites is 1. The van der Waals surface area contributed by atoms with E-state index in [0.717, 1.165) is 0 Å². The average molecular weight is 267 g/mol. The highest BCUT2D eigenvalue weighted by Crippen LogP contribution is 2.16. The zero-order valence-electron chi connectivity index (χ0n) is 9.75. The number of hydrogen-bond donors (Lipinski definition) is 2. The second-order valence-electron chi connectivity index (χ2n) is 3.51. The molecule has 0 aliphatic rings. The van der Waals surface area contributed by atoms with Gasteiger partial charge in [0.2, 0.25) is 5.91 Å². The van der Waals surface area contributed by atoms with Crippen LogP contribution < -0.4 is 10.1 Å². The molecule has 0 bridgehead atoms. The first-order valence-electron chi connectivity index (χ1n) is 5.22. The zero-order valence-corrected chi connectivity index (χ0v) is 10.6. The van der Waals surface area contributed by atoms with Crippen LogP contribution in [-0.2, 0) is 9.59 Å². The van der Waals surface area contributed by atoms with Gasteiger partial charge in [-0.3, -0.25) is 9.59 Å². The molecule has 1 rings (SSSR count). The van der Waals surface area contributed by atoms with Crippen LogP contribution >= 0.6 is 12.6 Å². The van der Waals surface area contributed by atoms with Gasteiger partial charge in [-0.05, 0) is 12.1 Å². The lowest BCUT2D eigenvalue weighted by atomic mass is 10.2. The molecular formula is C12H13NO4S. The lowest BCUT2D eigenvalue weighted by molar-refractivity contribution is -0.138. The van der Waals surface area contributed by atoms with Crippen molar-refractivity contribution in [2.24, 2.45) is 0 Å². The van der Waals surface area contributed by atoms with Crippen molar-refractivity contribution in [2.45, 2.75) is 13.0 Å². The number of hydrogen-bond acceptors (Lipinski definition) is 5. The Kier molecular flexibility index (Phi) is 5.38. The van der Waals surface area contributed by atoms with Gasteiger partial charge in [0.15, 0.2) is 6.29 Å². The molecule has 18 heavy (non-hydrogen) atoms. The monoisotopic (exact) mass is 267 g/mol. The highest BCUT2D eigenvalue weighted by molar-refractivity contribution is 7.80. The van der Waals surface area contributed by atoms with Gasteiger partial charge in [-0.15, -0.1) is 0 Å². The Morgan fingerprint density at radius 2 is 2.11 bits per heavy atom. The lowest BCUT2D eigenvalue weighted by Crippen LogP contribution is -2.43. The van der Waals surface area contributed by atoms with E-state index in [1.807, 2.05) is 0 Å². The van der Waals surface area contributed by atoms with Gasteiger partial charge in [-0.1, -0.05) is 12.1 Å². The van der Waals surface area contributed by atoms with Crippen molar-refractivity contribution in [3.63, 3.8) is 0 Å². The third kappa shape index (κ3) is 3.89. The number of nitrogens with one attached hydrogen (secondary N) is 1. The van der Waals surface area contributed by atoms with Crippen molar-refractivity contribution in [1.82, 2.24) is 5.32 Å². The second kappa shape index (κ2) is 6.80. The van der Waals surface area contributed by atoms with E-state index in [1.165, 1.54) is 19.1 Å². The maximum atomic E-state index is 11.7. The Labute approximate surface area is 110 Å². The number of benzene rings is 1.